The first-order valence-electron chi connectivity index (χ1n) is 8.91. The van der Waals surface area contributed by atoms with Crippen molar-refractivity contribution in [1.82, 2.24) is 15.0 Å². The van der Waals surface area contributed by atoms with Gasteiger partial charge in [0, 0.05) is 29.6 Å². The zero-order valence-corrected chi connectivity index (χ0v) is 16.4. The van der Waals surface area contributed by atoms with E-state index in [1.807, 2.05) is 24.3 Å². The lowest BCUT2D eigenvalue weighted by molar-refractivity contribution is 0.169. The van der Waals surface area contributed by atoms with Crippen LogP contribution >= 0.6 is 23.2 Å². The molecule has 4 rings (SSSR count). The maximum atomic E-state index is 13.2. The smallest absolute Gasteiger partial charge is 0.244 e. The number of rotatable bonds is 5. The first kappa shape index (κ1) is 19.3. The van der Waals surface area contributed by atoms with Gasteiger partial charge in [-0.3, -0.25) is 4.90 Å². The van der Waals surface area contributed by atoms with Crippen LogP contribution in [0, 0.1) is 5.82 Å². The van der Waals surface area contributed by atoms with Gasteiger partial charge < -0.3 is 9.63 Å². The molecule has 5 nitrogen and oxygen atoms in total. The molecule has 0 radical (unpaired) electrons. The van der Waals surface area contributed by atoms with Crippen molar-refractivity contribution in [1.29, 1.82) is 0 Å². The van der Waals surface area contributed by atoms with Crippen molar-refractivity contribution in [3.63, 3.8) is 0 Å². The van der Waals surface area contributed by atoms with Crippen LogP contribution < -0.4 is 0 Å². The molecule has 146 valence electrons. The largest absolute Gasteiger partial charge is 0.392 e. The number of aliphatic hydroxyl groups excluding tert-OH is 1. The molecule has 2 aromatic carbocycles. The minimum absolute atomic E-state index is 0.171. The van der Waals surface area contributed by atoms with Crippen molar-refractivity contribution in [2.45, 2.75) is 31.5 Å². The Morgan fingerprint density at radius 1 is 1.18 bits per heavy atom. The van der Waals surface area contributed by atoms with E-state index >= 15 is 0 Å². The molecule has 2 unspecified atom stereocenters. The van der Waals surface area contributed by atoms with Gasteiger partial charge in [0.05, 0.1) is 12.1 Å². The summed E-state index contributed by atoms with van der Waals surface area (Å²) in [6.07, 6.45) is 0.404. The molecule has 28 heavy (non-hydrogen) atoms. The van der Waals surface area contributed by atoms with Crippen LogP contribution in [0.4, 0.5) is 4.39 Å². The van der Waals surface area contributed by atoms with E-state index in [1.165, 1.54) is 12.1 Å². The van der Waals surface area contributed by atoms with Crippen LogP contribution in [-0.4, -0.2) is 32.8 Å². The molecule has 2 heterocycles. The number of aromatic nitrogens is 2. The lowest BCUT2D eigenvalue weighted by Crippen LogP contribution is -2.24. The topological polar surface area (TPSA) is 62.4 Å². The summed E-state index contributed by atoms with van der Waals surface area (Å²) in [5.74, 6) is 0.537. The minimum Gasteiger partial charge on any atom is -0.392 e. The third-order valence-electron chi connectivity index (χ3n) is 4.81. The number of hydrogen-bond acceptors (Lipinski definition) is 5. The molecule has 0 bridgehead atoms. The van der Waals surface area contributed by atoms with E-state index in [0.717, 1.165) is 11.1 Å². The van der Waals surface area contributed by atoms with Crippen molar-refractivity contribution in [3.8, 4) is 0 Å². The molecular formula is C20H18Cl2FN3O2. The van der Waals surface area contributed by atoms with Crippen LogP contribution in [0.25, 0.3) is 0 Å². The van der Waals surface area contributed by atoms with Crippen LogP contribution in [-0.2, 0) is 13.0 Å². The second kappa shape index (κ2) is 8.17. The Balaban J connectivity index is 1.50. The third kappa shape index (κ3) is 4.36. The van der Waals surface area contributed by atoms with E-state index < -0.39 is 6.10 Å². The fourth-order valence-electron chi connectivity index (χ4n) is 3.45. The highest BCUT2D eigenvalue weighted by atomic mass is 35.5. The van der Waals surface area contributed by atoms with Gasteiger partial charge in [0.1, 0.15) is 5.82 Å². The van der Waals surface area contributed by atoms with E-state index in [-0.39, 0.29) is 11.9 Å². The molecule has 0 aliphatic carbocycles. The highest BCUT2D eigenvalue weighted by Crippen LogP contribution is 2.33. The zero-order valence-electron chi connectivity index (χ0n) is 14.9. The van der Waals surface area contributed by atoms with Crippen LogP contribution in [0.2, 0.25) is 10.0 Å². The van der Waals surface area contributed by atoms with Crippen LogP contribution in [0.5, 0.6) is 0 Å². The first-order valence-corrected chi connectivity index (χ1v) is 9.66. The Hall–Kier alpha value is -1.99. The van der Waals surface area contributed by atoms with E-state index in [4.69, 9.17) is 27.7 Å². The summed E-state index contributed by atoms with van der Waals surface area (Å²) in [5.41, 5.74) is 1.81. The standard InChI is InChI=1S/C20H18Cl2FN3O2/c21-14-4-1-12(2-5-14)10-26-11-16(27)9-18(26)20-24-19(25-28-20)7-13-3-6-15(23)8-17(13)22/h1-6,8,16,18,27H,7,9-11H2. The molecule has 3 aromatic rings. The fraction of sp³-hybridized carbons (Fsp3) is 0.300. The van der Waals surface area contributed by atoms with Crippen LogP contribution in [0.15, 0.2) is 47.0 Å². The molecule has 8 heteroatoms. The van der Waals surface area contributed by atoms with Crippen molar-refractivity contribution < 1.29 is 14.0 Å². The number of nitrogens with zero attached hydrogens (tertiary/aromatic N) is 3. The van der Waals surface area contributed by atoms with Gasteiger partial charge in [0.25, 0.3) is 0 Å². The van der Waals surface area contributed by atoms with Crippen molar-refractivity contribution in [2.24, 2.45) is 0 Å². The maximum Gasteiger partial charge on any atom is 0.244 e. The molecule has 2 atom stereocenters. The van der Waals surface area contributed by atoms with Crippen molar-refractivity contribution in [3.05, 3.63) is 81.2 Å². The van der Waals surface area contributed by atoms with Gasteiger partial charge in [-0.2, -0.15) is 4.98 Å². The van der Waals surface area contributed by atoms with E-state index in [2.05, 4.69) is 15.0 Å². The predicted octanol–water partition coefficient (Wildman–Crippen LogP) is 4.41. The van der Waals surface area contributed by atoms with Gasteiger partial charge in [-0.25, -0.2) is 4.39 Å². The summed E-state index contributed by atoms with van der Waals surface area (Å²) < 4.78 is 18.7. The molecule has 0 amide bonds. The first-order chi connectivity index (χ1) is 13.5. The van der Waals surface area contributed by atoms with E-state index in [0.29, 0.717) is 47.7 Å². The highest BCUT2D eigenvalue weighted by Gasteiger charge is 2.35. The summed E-state index contributed by atoms with van der Waals surface area (Å²) >= 11 is 12.0. The summed E-state index contributed by atoms with van der Waals surface area (Å²) in [5, 5.41) is 15.2. The molecule has 0 spiro atoms. The van der Waals surface area contributed by atoms with E-state index in [1.54, 1.807) is 6.07 Å². The molecule has 0 saturated carbocycles. The lowest BCUT2D eigenvalue weighted by Gasteiger charge is -2.21. The Bertz CT molecular complexity index is 964. The molecule has 1 aliphatic rings. The molecular weight excluding hydrogens is 404 g/mol. The number of benzene rings is 2. The van der Waals surface area contributed by atoms with Gasteiger partial charge in [0.15, 0.2) is 5.82 Å². The van der Waals surface area contributed by atoms with Gasteiger partial charge in [-0.1, -0.05) is 46.6 Å². The molecule has 1 aromatic heterocycles. The van der Waals surface area contributed by atoms with Gasteiger partial charge in [-0.05, 0) is 41.8 Å². The van der Waals surface area contributed by atoms with Crippen molar-refractivity contribution >= 4 is 23.2 Å². The summed E-state index contributed by atoms with van der Waals surface area (Å²) in [4.78, 5) is 6.59. The minimum atomic E-state index is -0.459. The third-order valence-corrected chi connectivity index (χ3v) is 5.42. The average molecular weight is 422 g/mol. The van der Waals surface area contributed by atoms with Gasteiger partial charge in [-0.15, -0.1) is 0 Å². The number of halogens is 3. The number of β-amino-alcohol motifs (C(OH)–C–C–N with tert-alkyl or cyclic N) is 1. The normalized spacial score (nSPS) is 20.0. The lowest BCUT2D eigenvalue weighted by atomic mass is 10.1. The predicted molar refractivity (Wildman–Crippen MR) is 104 cm³/mol. The van der Waals surface area contributed by atoms with Crippen LogP contribution in [0.3, 0.4) is 0 Å². The number of hydrogen-bond donors (Lipinski definition) is 1. The monoisotopic (exact) mass is 421 g/mol. The van der Waals surface area contributed by atoms with Gasteiger partial charge >= 0.3 is 0 Å². The zero-order chi connectivity index (χ0) is 19.7. The second-order valence-electron chi connectivity index (χ2n) is 6.92. The average Bonchev–Trinajstić information content (AvgIpc) is 3.26. The molecule has 1 aliphatic heterocycles. The van der Waals surface area contributed by atoms with Crippen molar-refractivity contribution in [2.75, 3.05) is 6.54 Å². The van der Waals surface area contributed by atoms with E-state index in [9.17, 15) is 9.50 Å². The molecule has 1 saturated heterocycles. The quantitative estimate of drug-likeness (QED) is 0.660. The van der Waals surface area contributed by atoms with Gasteiger partial charge in [0.2, 0.25) is 5.89 Å². The number of likely N-dealkylation sites (tertiary alicyclic amines) is 1. The highest BCUT2D eigenvalue weighted by molar-refractivity contribution is 6.31. The Kier molecular flexibility index (Phi) is 5.64. The Morgan fingerprint density at radius 2 is 1.96 bits per heavy atom. The summed E-state index contributed by atoms with van der Waals surface area (Å²) in [6.45, 7) is 1.16. The Labute approximate surface area is 171 Å². The molecule has 1 fully saturated rings. The fourth-order valence-corrected chi connectivity index (χ4v) is 3.81. The van der Waals surface area contributed by atoms with Crippen LogP contribution in [0.1, 0.15) is 35.3 Å². The summed E-state index contributed by atoms with van der Waals surface area (Å²) in [6, 6.07) is 11.7. The molecule has 1 N–H and O–H groups in total. The Morgan fingerprint density at radius 3 is 2.71 bits per heavy atom. The summed E-state index contributed by atoms with van der Waals surface area (Å²) in [7, 11) is 0. The number of aliphatic hydroxyl groups is 1. The maximum absolute atomic E-state index is 13.2. The SMILES string of the molecule is OC1CC(c2nc(Cc3ccc(F)cc3Cl)no2)N(Cc2ccc(Cl)cc2)C1. The second-order valence-corrected chi connectivity index (χ2v) is 7.77.